The molecule has 13 heteroatoms. The molecule has 0 spiro atoms. The Balaban J connectivity index is 1.33. The molecule has 2 N–H and O–H groups in total. The monoisotopic (exact) mass is 601 g/mol. The number of ether oxygens (including phenoxy) is 1. The normalized spacial score (nSPS) is 15.1. The number of hydrogen-bond acceptors (Lipinski definition) is 6. The third-order valence-electron chi connectivity index (χ3n) is 5.96. The predicted molar refractivity (Wildman–Crippen MR) is 149 cm³/mol. The molecule has 1 heterocycles. The Bertz CT molecular complexity index is 1770. The van der Waals surface area contributed by atoms with Crippen molar-refractivity contribution in [2.45, 2.75) is 15.9 Å². The van der Waals surface area contributed by atoms with E-state index in [0.29, 0.717) is 5.02 Å². The van der Waals surface area contributed by atoms with E-state index >= 15 is 0 Å². The van der Waals surface area contributed by atoms with Crippen LogP contribution in [0.4, 0.5) is 21.5 Å². The quantitative estimate of drug-likeness (QED) is 0.312. The van der Waals surface area contributed by atoms with Crippen LogP contribution in [0.15, 0.2) is 107 Å². The number of amides is 1. The minimum atomic E-state index is -4.06. The first-order valence-electron chi connectivity index (χ1n) is 11.8. The van der Waals surface area contributed by atoms with Gasteiger partial charge in [0.1, 0.15) is 11.6 Å². The van der Waals surface area contributed by atoms with Gasteiger partial charge in [-0.05, 0) is 84.9 Å². The number of benzene rings is 4. The SMILES string of the molecule is O=C(Nc1ccc(S(=O)(=O)Nc2ccc(F)cc2)cc1)C1CN(S(=O)(=O)c2ccc(Cl)cc2)c2ccccc2O1. The Morgan fingerprint density at radius 2 is 1.43 bits per heavy atom. The third-order valence-corrected chi connectivity index (χ3v) is 9.40. The van der Waals surface area contributed by atoms with Gasteiger partial charge in [0, 0.05) is 16.4 Å². The number of nitrogens with one attached hydrogen (secondary N) is 2. The largest absolute Gasteiger partial charge is 0.476 e. The zero-order valence-corrected chi connectivity index (χ0v) is 22.9. The summed E-state index contributed by atoms with van der Waals surface area (Å²) in [5, 5.41) is 3.01. The molecule has 1 amide bonds. The van der Waals surface area contributed by atoms with Gasteiger partial charge in [0.25, 0.3) is 26.0 Å². The van der Waals surface area contributed by atoms with Crippen LogP contribution in [0.5, 0.6) is 5.75 Å². The molecule has 1 aliphatic heterocycles. The summed E-state index contributed by atoms with van der Waals surface area (Å²) in [4.78, 5) is 13.1. The summed E-state index contributed by atoms with van der Waals surface area (Å²) in [6.45, 7) is -0.304. The van der Waals surface area contributed by atoms with Gasteiger partial charge < -0.3 is 10.1 Å². The molecule has 0 aromatic heterocycles. The molecule has 1 aliphatic rings. The minimum Gasteiger partial charge on any atom is -0.476 e. The molecule has 206 valence electrons. The van der Waals surface area contributed by atoms with Crippen molar-refractivity contribution in [3.63, 3.8) is 0 Å². The predicted octanol–water partition coefficient (Wildman–Crippen LogP) is 4.87. The van der Waals surface area contributed by atoms with Crippen molar-refractivity contribution in [3.05, 3.63) is 108 Å². The van der Waals surface area contributed by atoms with Crippen molar-refractivity contribution in [1.29, 1.82) is 0 Å². The Labute approximate surface area is 235 Å². The molecule has 0 radical (unpaired) electrons. The number of para-hydroxylation sites is 2. The lowest BCUT2D eigenvalue weighted by Gasteiger charge is -2.34. The number of carbonyl (C=O) groups excluding carboxylic acids is 1. The summed E-state index contributed by atoms with van der Waals surface area (Å²) >= 11 is 5.92. The van der Waals surface area contributed by atoms with Gasteiger partial charge in [-0.25, -0.2) is 21.2 Å². The second-order valence-electron chi connectivity index (χ2n) is 8.69. The summed E-state index contributed by atoms with van der Waals surface area (Å²) in [7, 11) is -8.03. The van der Waals surface area contributed by atoms with Crippen LogP contribution in [0.1, 0.15) is 0 Å². The average molecular weight is 602 g/mol. The maximum atomic E-state index is 13.5. The molecular formula is C27H21ClFN3O6S2. The standard InChI is InChI=1S/C27H21ClFN3O6S2/c28-18-5-13-23(14-6-18)40(36,37)32-17-26(38-25-4-2-1-3-24(25)32)27(33)30-20-11-15-22(16-12-20)39(34,35)31-21-9-7-19(29)8-10-21/h1-16,26,31H,17H2,(H,30,33). The van der Waals surface area contributed by atoms with Gasteiger partial charge in [0.2, 0.25) is 0 Å². The molecule has 0 saturated heterocycles. The number of fused-ring (bicyclic) bond motifs is 1. The highest BCUT2D eigenvalue weighted by Gasteiger charge is 2.37. The molecule has 0 fully saturated rings. The van der Waals surface area contributed by atoms with E-state index in [0.717, 1.165) is 16.4 Å². The van der Waals surface area contributed by atoms with E-state index in [1.165, 1.54) is 60.7 Å². The number of halogens is 2. The zero-order valence-electron chi connectivity index (χ0n) is 20.5. The van der Waals surface area contributed by atoms with Crippen LogP contribution in [0.3, 0.4) is 0 Å². The third kappa shape index (κ3) is 5.74. The van der Waals surface area contributed by atoms with E-state index in [1.807, 2.05) is 0 Å². The van der Waals surface area contributed by atoms with Gasteiger partial charge in [0.15, 0.2) is 6.10 Å². The molecule has 5 rings (SSSR count). The number of rotatable bonds is 7. The first-order chi connectivity index (χ1) is 19.0. The number of anilines is 3. The molecule has 4 aromatic rings. The summed E-state index contributed by atoms with van der Waals surface area (Å²) in [6.07, 6.45) is -1.21. The first-order valence-corrected chi connectivity index (χ1v) is 15.1. The molecule has 4 aromatic carbocycles. The fourth-order valence-corrected chi connectivity index (χ4v) is 6.63. The Hall–Kier alpha value is -4.13. The van der Waals surface area contributed by atoms with E-state index in [4.69, 9.17) is 16.3 Å². The fourth-order valence-electron chi connectivity index (χ4n) is 3.97. The maximum absolute atomic E-state index is 13.5. The Kier molecular flexibility index (Phi) is 7.41. The molecule has 9 nitrogen and oxygen atoms in total. The Morgan fingerprint density at radius 1 is 0.825 bits per heavy atom. The summed E-state index contributed by atoms with van der Waals surface area (Å²) in [5.74, 6) is -0.926. The van der Waals surface area contributed by atoms with Crippen LogP contribution in [-0.4, -0.2) is 35.4 Å². The highest BCUT2D eigenvalue weighted by atomic mass is 35.5. The summed E-state index contributed by atoms with van der Waals surface area (Å²) in [5.41, 5.74) is 0.733. The van der Waals surface area contributed by atoms with E-state index < -0.39 is 37.9 Å². The van der Waals surface area contributed by atoms with Crippen molar-refractivity contribution in [3.8, 4) is 5.75 Å². The number of hydrogen-bond donors (Lipinski definition) is 2. The van der Waals surface area contributed by atoms with Crippen molar-refractivity contribution in [2.24, 2.45) is 0 Å². The maximum Gasteiger partial charge on any atom is 0.267 e. The van der Waals surface area contributed by atoms with Crippen molar-refractivity contribution in [2.75, 3.05) is 20.9 Å². The van der Waals surface area contributed by atoms with E-state index in [-0.39, 0.29) is 39.1 Å². The van der Waals surface area contributed by atoms with Gasteiger partial charge >= 0.3 is 0 Å². The lowest BCUT2D eigenvalue weighted by molar-refractivity contribution is -0.122. The lowest BCUT2D eigenvalue weighted by Crippen LogP contribution is -2.48. The van der Waals surface area contributed by atoms with Crippen LogP contribution in [-0.2, 0) is 24.8 Å². The van der Waals surface area contributed by atoms with Crippen LogP contribution in [0, 0.1) is 5.82 Å². The van der Waals surface area contributed by atoms with E-state index in [1.54, 1.807) is 24.3 Å². The summed E-state index contributed by atoms with van der Waals surface area (Å²) < 4.78 is 74.7. The minimum absolute atomic E-state index is 0.00111. The fraction of sp³-hybridized carbons (Fsp3) is 0.0741. The number of sulfonamides is 2. The lowest BCUT2D eigenvalue weighted by atomic mass is 10.2. The van der Waals surface area contributed by atoms with Crippen LogP contribution in [0.25, 0.3) is 0 Å². The zero-order chi connectivity index (χ0) is 28.5. The van der Waals surface area contributed by atoms with Gasteiger partial charge in [0.05, 0.1) is 22.0 Å². The van der Waals surface area contributed by atoms with Crippen LogP contribution in [0.2, 0.25) is 5.02 Å². The van der Waals surface area contributed by atoms with E-state index in [2.05, 4.69) is 10.0 Å². The van der Waals surface area contributed by atoms with Gasteiger partial charge in [-0.3, -0.25) is 13.8 Å². The Morgan fingerprint density at radius 3 is 2.10 bits per heavy atom. The van der Waals surface area contributed by atoms with Gasteiger partial charge in [-0.2, -0.15) is 0 Å². The molecule has 40 heavy (non-hydrogen) atoms. The molecule has 0 aliphatic carbocycles. The molecule has 1 atom stereocenters. The second kappa shape index (κ2) is 10.8. The molecule has 1 unspecified atom stereocenters. The summed E-state index contributed by atoms with van der Waals surface area (Å²) in [6, 6.07) is 22.3. The van der Waals surface area contributed by atoms with Crippen molar-refractivity contribution >= 4 is 54.6 Å². The highest BCUT2D eigenvalue weighted by molar-refractivity contribution is 7.93. The van der Waals surface area contributed by atoms with Crippen molar-refractivity contribution < 1.29 is 30.8 Å². The molecule has 0 bridgehead atoms. The van der Waals surface area contributed by atoms with Crippen LogP contribution < -0.4 is 19.1 Å². The smallest absolute Gasteiger partial charge is 0.267 e. The average Bonchev–Trinajstić information content (AvgIpc) is 2.94. The topological polar surface area (TPSA) is 122 Å². The first kappa shape index (κ1) is 27.4. The second-order valence-corrected chi connectivity index (χ2v) is 12.7. The number of carbonyl (C=O) groups is 1. The van der Waals surface area contributed by atoms with Crippen molar-refractivity contribution in [1.82, 2.24) is 0 Å². The number of nitrogens with zero attached hydrogens (tertiary/aromatic N) is 1. The molecule has 0 saturated carbocycles. The van der Waals surface area contributed by atoms with Gasteiger partial charge in [-0.15, -0.1) is 0 Å². The van der Waals surface area contributed by atoms with Gasteiger partial charge in [-0.1, -0.05) is 23.7 Å². The molecular weight excluding hydrogens is 581 g/mol. The highest BCUT2D eigenvalue weighted by Crippen LogP contribution is 2.37. The van der Waals surface area contributed by atoms with Crippen LogP contribution >= 0.6 is 11.6 Å². The van der Waals surface area contributed by atoms with E-state index in [9.17, 15) is 26.0 Å².